The van der Waals surface area contributed by atoms with Crippen molar-refractivity contribution in [2.75, 3.05) is 0 Å². The third-order valence-corrected chi connectivity index (χ3v) is 14.2. The number of fused-ring (bicyclic) bond motifs is 2. The van der Waals surface area contributed by atoms with Gasteiger partial charge >= 0.3 is 0 Å². The third kappa shape index (κ3) is 3.53. The van der Waals surface area contributed by atoms with Crippen molar-refractivity contribution >= 4 is 42.2 Å². The first-order valence-electron chi connectivity index (χ1n) is 11.9. The van der Waals surface area contributed by atoms with Crippen molar-refractivity contribution in [2.24, 2.45) is 7.05 Å². The minimum absolute atomic E-state index is 0.661. The second-order valence-corrected chi connectivity index (χ2v) is 15.8. The highest BCUT2D eigenvalue weighted by molar-refractivity contribution is 6.82. The van der Waals surface area contributed by atoms with E-state index in [1.54, 1.807) is 0 Å². The van der Waals surface area contributed by atoms with E-state index in [9.17, 15) is 0 Å². The Morgan fingerprint density at radius 2 is 1.38 bits per heavy atom. The lowest BCUT2D eigenvalue weighted by molar-refractivity contribution is -0.646. The van der Waals surface area contributed by atoms with E-state index >= 15 is 0 Å². The topological polar surface area (TPSA) is 8.81 Å². The van der Waals surface area contributed by atoms with E-state index in [0.29, 0.717) is 16.6 Å². The Hall–Kier alpha value is -2.65. The lowest BCUT2D eigenvalue weighted by Crippen LogP contribution is -2.51. The summed E-state index contributed by atoms with van der Waals surface area (Å²) < 4.78 is 5.00. The fraction of sp³-hybridized carbons (Fsp3) is 0.345. The minimum Gasteiger partial charge on any atom is -0.373 e. The van der Waals surface area contributed by atoms with Gasteiger partial charge in [-0.1, -0.05) is 71.9 Å². The fourth-order valence-corrected chi connectivity index (χ4v) is 12.8. The summed E-state index contributed by atoms with van der Waals surface area (Å²) in [5, 5.41) is 2.62. The molecule has 0 bridgehead atoms. The van der Waals surface area contributed by atoms with Gasteiger partial charge in [0.25, 0.3) is 0 Å². The Kier molecular flexibility index (Phi) is 6.13. The van der Waals surface area contributed by atoms with E-state index in [4.69, 9.17) is 0 Å². The van der Waals surface area contributed by atoms with Crippen LogP contribution in [0.25, 0.3) is 34.0 Å². The molecule has 0 N–H and O–H groups in total. The van der Waals surface area contributed by atoms with Crippen LogP contribution in [0.4, 0.5) is 0 Å². The number of benzene rings is 2. The van der Waals surface area contributed by atoms with Crippen LogP contribution < -0.4 is 4.57 Å². The molecule has 2 aromatic heterocycles. The standard InChI is InChI=1S/C29H37N2Si/c1-21(2)32(22(3)4,23(5)6)31-20-25(27-13-9-11-15-29(27)31)17-19-26-18-16-24-12-8-10-14-28(24)30(26)7/h8-23H,1-7H3/q+1/i7-1. The zero-order chi connectivity index (χ0) is 23.0. The highest BCUT2D eigenvalue weighted by Gasteiger charge is 2.45. The van der Waals surface area contributed by atoms with Gasteiger partial charge in [-0.15, -0.1) is 0 Å². The summed E-state index contributed by atoms with van der Waals surface area (Å²) in [5.74, 6) is 0. The molecule has 0 saturated heterocycles. The summed E-state index contributed by atoms with van der Waals surface area (Å²) in [6.07, 6.45) is 7.03. The molecule has 0 radical (unpaired) electrons. The Morgan fingerprint density at radius 1 is 0.750 bits per heavy atom. The van der Waals surface area contributed by atoms with E-state index in [2.05, 4.69) is 136 Å². The molecule has 0 fully saturated rings. The Bertz CT molecular complexity index is 1260. The summed E-state index contributed by atoms with van der Waals surface area (Å²) >= 11 is 0. The summed E-state index contributed by atoms with van der Waals surface area (Å²) in [7, 11) is 0.327. The van der Waals surface area contributed by atoms with Gasteiger partial charge in [-0.3, -0.25) is 0 Å². The second kappa shape index (κ2) is 8.71. The number of aromatic nitrogens is 2. The first-order valence-corrected chi connectivity index (χ1v) is 14.1. The Balaban J connectivity index is 1.88. The van der Waals surface area contributed by atoms with Gasteiger partial charge in [0.05, 0.1) is 0 Å². The summed E-state index contributed by atoms with van der Waals surface area (Å²) in [6.45, 7) is 14.6. The molecule has 0 aliphatic rings. The van der Waals surface area contributed by atoms with E-state index in [1.165, 1.54) is 33.1 Å². The molecular formula is C29H37N2Si+. The quantitative estimate of drug-likeness (QED) is 0.213. The number of rotatable bonds is 6. The van der Waals surface area contributed by atoms with E-state index in [1.807, 2.05) is 0 Å². The average Bonchev–Trinajstić information content (AvgIpc) is 3.12. The molecule has 32 heavy (non-hydrogen) atoms. The number of pyridine rings is 1. The lowest BCUT2D eigenvalue weighted by Gasteiger charge is -2.44. The average molecular weight is 441 g/mol. The van der Waals surface area contributed by atoms with Crippen molar-refractivity contribution in [3.63, 3.8) is 0 Å². The molecule has 0 saturated carbocycles. The number of aryl methyl sites for hydroxylation is 1. The van der Waals surface area contributed by atoms with Crippen LogP contribution in [-0.4, -0.2) is 12.5 Å². The SMILES string of the molecule is CC(C)[Si](C(C)C)(C(C)C)n1cc(/C=C/c2ccc3ccccc3[n+]2[11CH3])c2ccccc21. The van der Waals surface area contributed by atoms with Crippen LogP contribution in [0, 0.1) is 0 Å². The van der Waals surface area contributed by atoms with Crippen molar-refractivity contribution < 1.29 is 4.57 Å². The lowest BCUT2D eigenvalue weighted by atomic mass is 10.1. The van der Waals surface area contributed by atoms with E-state index in [0.717, 1.165) is 0 Å². The molecule has 2 heterocycles. The van der Waals surface area contributed by atoms with E-state index in [-0.39, 0.29) is 0 Å². The molecule has 2 aromatic carbocycles. The number of para-hydroxylation sites is 2. The van der Waals surface area contributed by atoms with Crippen LogP contribution in [0.15, 0.2) is 66.9 Å². The molecule has 4 rings (SSSR count). The van der Waals surface area contributed by atoms with Crippen molar-refractivity contribution in [1.29, 1.82) is 0 Å². The molecule has 3 heteroatoms. The van der Waals surface area contributed by atoms with Crippen LogP contribution >= 0.6 is 0 Å². The Labute approximate surface area is 194 Å². The molecule has 0 unspecified atom stereocenters. The van der Waals surface area contributed by atoms with Crippen LogP contribution in [0.1, 0.15) is 52.8 Å². The molecule has 166 valence electrons. The highest BCUT2D eigenvalue weighted by atomic mass is 28.3. The molecule has 0 atom stereocenters. The zero-order valence-electron chi connectivity index (χ0n) is 20.6. The van der Waals surface area contributed by atoms with Crippen molar-refractivity contribution in [2.45, 2.75) is 58.2 Å². The van der Waals surface area contributed by atoms with Crippen LogP contribution in [-0.2, 0) is 7.05 Å². The largest absolute Gasteiger partial charge is 0.373 e. The summed E-state index contributed by atoms with van der Waals surface area (Å²) in [5.41, 5.74) is 7.14. The monoisotopic (exact) mass is 440 g/mol. The van der Waals surface area contributed by atoms with Gasteiger partial charge in [0.1, 0.15) is 7.05 Å². The smallest absolute Gasteiger partial charge is 0.212 e. The van der Waals surface area contributed by atoms with Gasteiger partial charge < -0.3 is 4.23 Å². The molecule has 0 amide bonds. The first-order chi connectivity index (χ1) is 15.3. The number of hydrogen-bond donors (Lipinski definition) is 0. The first kappa shape index (κ1) is 22.5. The Morgan fingerprint density at radius 3 is 2.06 bits per heavy atom. The fourth-order valence-electron chi connectivity index (χ4n) is 6.20. The molecular weight excluding hydrogens is 403 g/mol. The maximum Gasteiger partial charge on any atom is 0.212 e. The van der Waals surface area contributed by atoms with Crippen molar-refractivity contribution in [3.05, 3.63) is 78.1 Å². The maximum absolute atomic E-state index is 2.72. The minimum atomic E-state index is -1.83. The van der Waals surface area contributed by atoms with Crippen LogP contribution in [0.2, 0.25) is 16.6 Å². The van der Waals surface area contributed by atoms with Gasteiger partial charge in [-0.25, -0.2) is 0 Å². The molecule has 2 nitrogen and oxygen atoms in total. The number of hydrogen-bond acceptors (Lipinski definition) is 0. The highest BCUT2D eigenvalue weighted by Crippen LogP contribution is 2.45. The van der Waals surface area contributed by atoms with Crippen LogP contribution in [0.3, 0.4) is 0 Å². The van der Waals surface area contributed by atoms with Crippen molar-refractivity contribution in [3.8, 4) is 0 Å². The summed E-state index contributed by atoms with van der Waals surface area (Å²) in [6, 6.07) is 22.0. The second-order valence-electron chi connectivity index (χ2n) is 10.0. The van der Waals surface area contributed by atoms with Gasteiger partial charge in [-0.05, 0) is 46.5 Å². The third-order valence-electron chi connectivity index (χ3n) is 7.49. The summed E-state index contributed by atoms with van der Waals surface area (Å²) in [4.78, 5) is 0. The molecule has 4 aromatic rings. The maximum atomic E-state index is 2.72. The predicted octanol–water partition coefficient (Wildman–Crippen LogP) is 7.81. The van der Waals surface area contributed by atoms with Crippen molar-refractivity contribution in [1.82, 2.24) is 4.23 Å². The van der Waals surface area contributed by atoms with Gasteiger partial charge in [0.15, 0.2) is 8.24 Å². The van der Waals surface area contributed by atoms with Crippen LogP contribution in [0.5, 0.6) is 0 Å². The molecule has 0 spiro atoms. The van der Waals surface area contributed by atoms with Gasteiger partial charge in [0.2, 0.25) is 11.2 Å². The normalized spacial score (nSPS) is 12.9. The molecule has 0 aliphatic heterocycles. The number of nitrogens with zero attached hydrogens (tertiary/aromatic N) is 2. The predicted molar refractivity (Wildman–Crippen MR) is 142 cm³/mol. The zero-order valence-corrected chi connectivity index (χ0v) is 21.6. The van der Waals surface area contributed by atoms with Gasteiger partial charge in [-0.2, -0.15) is 4.57 Å². The van der Waals surface area contributed by atoms with Gasteiger partial charge in [0, 0.05) is 40.7 Å². The van der Waals surface area contributed by atoms with E-state index < -0.39 is 8.24 Å². The molecule has 0 aliphatic carbocycles.